The van der Waals surface area contributed by atoms with Crippen LogP contribution in [0.5, 0.6) is 0 Å². The van der Waals surface area contributed by atoms with Crippen molar-refractivity contribution >= 4 is 17.3 Å². The average molecular weight is 460 g/mol. The number of fused-ring (bicyclic) bond motifs is 1. The molecular formula is C25H25N5O2S. The second kappa shape index (κ2) is 8.67. The molecule has 0 radical (unpaired) electrons. The van der Waals surface area contributed by atoms with Crippen molar-refractivity contribution in [3.8, 4) is 16.8 Å². The van der Waals surface area contributed by atoms with E-state index < -0.39 is 0 Å². The molecule has 7 nitrogen and oxygen atoms in total. The Kier molecular flexibility index (Phi) is 5.71. The Balaban J connectivity index is 1.33. The number of esters is 1. The fraction of sp³-hybridized carbons (Fsp3) is 0.360. The number of ether oxygens (including phenoxy) is 1. The fourth-order valence-electron chi connectivity index (χ4n) is 4.74. The molecule has 5 rings (SSSR count). The Bertz CT molecular complexity index is 1280. The third-order valence-corrected chi connectivity index (χ3v) is 7.43. The van der Waals surface area contributed by atoms with E-state index in [0.29, 0.717) is 23.8 Å². The SMILES string of the molecule is Cc1cc(-c2ncc(CN3C[C@@H](c4ccc5c(c4C)COC5=O)N[C@@H](C)C3)s2)ncc1C#N. The lowest BCUT2D eigenvalue weighted by Gasteiger charge is -2.38. The first kappa shape index (κ1) is 21.7. The number of carbonyl (C=O) groups is 1. The van der Waals surface area contributed by atoms with Gasteiger partial charge in [-0.1, -0.05) is 6.07 Å². The fourth-order valence-corrected chi connectivity index (χ4v) is 5.66. The number of rotatable bonds is 4. The standard InChI is InChI=1S/C25H25N5O2S/c1-14-6-22(27-8-17(14)7-26)24-28-9-18(33-24)11-30-10-15(2)29-23(12-30)19-4-5-20-21(16(19)3)13-32-25(20)31/h4-6,8-9,15,23,29H,10-13H2,1-3H3/t15-,23-/m0/s1. The number of carbonyl (C=O) groups excluding carboxylic acids is 1. The predicted molar refractivity (Wildman–Crippen MR) is 126 cm³/mol. The summed E-state index contributed by atoms with van der Waals surface area (Å²) >= 11 is 1.65. The van der Waals surface area contributed by atoms with Crippen molar-refractivity contribution in [1.82, 2.24) is 20.2 Å². The zero-order valence-corrected chi connectivity index (χ0v) is 19.7. The molecule has 1 aromatic carbocycles. The van der Waals surface area contributed by atoms with E-state index in [9.17, 15) is 4.79 Å². The lowest BCUT2D eigenvalue weighted by Crippen LogP contribution is -2.50. The van der Waals surface area contributed by atoms with Gasteiger partial charge >= 0.3 is 5.97 Å². The topological polar surface area (TPSA) is 91.1 Å². The van der Waals surface area contributed by atoms with Gasteiger partial charge in [0.05, 0.1) is 16.8 Å². The molecule has 8 heteroatoms. The number of nitriles is 1. The van der Waals surface area contributed by atoms with Crippen molar-refractivity contribution in [2.45, 2.75) is 46.0 Å². The highest BCUT2D eigenvalue weighted by Crippen LogP contribution is 2.32. The van der Waals surface area contributed by atoms with Gasteiger partial charge in [0.25, 0.3) is 0 Å². The van der Waals surface area contributed by atoms with Crippen molar-refractivity contribution < 1.29 is 9.53 Å². The van der Waals surface area contributed by atoms with Gasteiger partial charge < -0.3 is 10.1 Å². The molecule has 1 fully saturated rings. The zero-order chi connectivity index (χ0) is 23.1. The first-order chi connectivity index (χ1) is 15.9. The van der Waals surface area contributed by atoms with Crippen LogP contribution in [-0.4, -0.2) is 40.0 Å². The number of benzene rings is 1. The molecule has 0 amide bonds. The summed E-state index contributed by atoms with van der Waals surface area (Å²) < 4.78 is 5.23. The Labute approximate surface area is 197 Å². The Morgan fingerprint density at radius 2 is 2.12 bits per heavy atom. The smallest absolute Gasteiger partial charge is 0.338 e. The molecule has 4 heterocycles. The second-order valence-electron chi connectivity index (χ2n) is 8.82. The van der Waals surface area contributed by atoms with Gasteiger partial charge in [-0.25, -0.2) is 9.78 Å². The quantitative estimate of drug-likeness (QED) is 0.592. The summed E-state index contributed by atoms with van der Waals surface area (Å²) in [5.41, 5.74) is 6.39. The van der Waals surface area contributed by atoms with Crippen LogP contribution in [-0.2, 0) is 17.9 Å². The molecule has 168 valence electrons. The molecule has 0 aliphatic carbocycles. The van der Waals surface area contributed by atoms with Crippen molar-refractivity contribution in [2.75, 3.05) is 13.1 Å². The first-order valence-electron chi connectivity index (χ1n) is 11.0. The maximum Gasteiger partial charge on any atom is 0.338 e. The van der Waals surface area contributed by atoms with Gasteiger partial charge in [-0.3, -0.25) is 9.88 Å². The minimum atomic E-state index is -0.223. The van der Waals surface area contributed by atoms with E-state index >= 15 is 0 Å². The van der Waals surface area contributed by atoms with Gasteiger partial charge in [0, 0.05) is 54.6 Å². The number of piperazine rings is 1. The highest BCUT2D eigenvalue weighted by Gasteiger charge is 2.30. The first-order valence-corrected chi connectivity index (χ1v) is 11.8. The number of thiazole rings is 1. The number of pyridine rings is 1. The minimum Gasteiger partial charge on any atom is -0.457 e. The number of hydrogen-bond donors (Lipinski definition) is 1. The van der Waals surface area contributed by atoms with E-state index in [-0.39, 0.29) is 12.0 Å². The molecule has 1 N–H and O–H groups in total. The predicted octanol–water partition coefficient (Wildman–Crippen LogP) is 3.90. The van der Waals surface area contributed by atoms with E-state index in [1.165, 1.54) is 10.4 Å². The number of aryl methyl sites for hydroxylation is 1. The van der Waals surface area contributed by atoms with Gasteiger partial charge in [0.1, 0.15) is 17.7 Å². The van der Waals surface area contributed by atoms with Crippen LogP contribution in [0.3, 0.4) is 0 Å². The van der Waals surface area contributed by atoms with Crippen molar-refractivity contribution in [1.29, 1.82) is 5.26 Å². The zero-order valence-electron chi connectivity index (χ0n) is 18.9. The van der Waals surface area contributed by atoms with Gasteiger partial charge in [0.2, 0.25) is 0 Å². The molecule has 2 atom stereocenters. The van der Waals surface area contributed by atoms with Gasteiger partial charge in [0.15, 0.2) is 0 Å². The summed E-state index contributed by atoms with van der Waals surface area (Å²) in [7, 11) is 0. The van der Waals surface area contributed by atoms with Crippen LogP contribution >= 0.6 is 11.3 Å². The number of nitrogens with zero attached hydrogens (tertiary/aromatic N) is 4. The molecule has 3 aromatic rings. The Morgan fingerprint density at radius 3 is 2.91 bits per heavy atom. The van der Waals surface area contributed by atoms with Crippen molar-refractivity contribution in [3.05, 3.63) is 68.9 Å². The maximum atomic E-state index is 11.9. The summed E-state index contributed by atoms with van der Waals surface area (Å²) in [6, 6.07) is 8.58. The average Bonchev–Trinajstić information content (AvgIpc) is 3.41. The molecule has 2 aliphatic rings. The van der Waals surface area contributed by atoms with E-state index in [1.807, 2.05) is 25.3 Å². The summed E-state index contributed by atoms with van der Waals surface area (Å²) in [6.07, 6.45) is 3.55. The molecule has 2 aliphatic heterocycles. The number of aromatic nitrogens is 2. The molecule has 2 aromatic heterocycles. The number of hydrogen-bond acceptors (Lipinski definition) is 8. The van der Waals surface area contributed by atoms with Gasteiger partial charge in [-0.05, 0) is 49.6 Å². The minimum absolute atomic E-state index is 0.185. The Hall–Kier alpha value is -3.12. The second-order valence-corrected chi connectivity index (χ2v) is 9.94. The van der Waals surface area contributed by atoms with Crippen LogP contribution in [0.15, 0.2) is 30.6 Å². The van der Waals surface area contributed by atoms with Gasteiger partial charge in [-0.15, -0.1) is 11.3 Å². The number of nitrogens with one attached hydrogen (secondary N) is 1. The third kappa shape index (κ3) is 4.15. The summed E-state index contributed by atoms with van der Waals surface area (Å²) in [6.45, 7) is 9.22. The molecule has 0 unspecified atom stereocenters. The van der Waals surface area contributed by atoms with Crippen LogP contribution in [0.25, 0.3) is 10.7 Å². The van der Waals surface area contributed by atoms with Crippen LogP contribution in [0.1, 0.15) is 56.0 Å². The molecular weight excluding hydrogens is 434 g/mol. The summed E-state index contributed by atoms with van der Waals surface area (Å²) in [5, 5.41) is 13.7. The van der Waals surface area contributed by atoms with Crippen molar-refractivity contribution in [2.24, 2.45) is 0 Å². The largest absolute Gasteiger partial charge is 0.457 e. The third-order valence-electron chi connectivity index (χ3n) is 6.43. The van der Waals surface area contributed by atoms with Crippen LogP contribution in [0, 0.1) is 25.2 Å². The van der Waals surface area contributed by atoms with E-state index in [1.54, 1.807) is 17.5 Å². The van der Waals surface area contributed by atoms with Gasteiger partial charge in [-0.2, -0.15) is 5.26 Å². The summed E-state index contributed by atoms with van der Waals surface area (Å²) in [5.74, 6) is -0.223. The lowest BCUT2D eigenvalue weighted by molar-refractivity contribution is 0.0535. The lowest BCUT2D eigenvalue weighted by atomic mass is 9.92. The normalized spacial score (nSPS) is 20.4. The van der Waals surface area contributed by atoms with E-state index in [0.717, 1.165) is 47.0 Å². The number of cyclic esters (lactones) is 1. The summed E-state index contributed by atoms with van der Waals surface area (Å²) in [4.78, 5) is 24.5. The molecule has 0 saturated carbocycles. The van der Waals surface area contributed by atoms with Crippen molar-refractivity contribution in [3.63, 3.8) is 0 Å². The highest BCUT2D eigenvalue weighted by atomic mass is 32.1. The molecule has 1 saturated heterocycles. The monoisotopic (exact) mass is 459 g/mol. The van der Waals surface area contributed by atoms with E-state index in [4.69, 9.17) is 10.00 Å². The molecule has 0 spiro atoms. The van der Waals surface area contributed by atoms with Crippen LogP contribution < -0.4 is 5.32 Å². The Morgan fingerprint density at radius 1 is 1.27 bits per heavy atom. The maximum absolute atomic E-state index is 11.9. The molecule has 33 heavy (non-hydrogen) atoms. The van der Waals surface area contributed by atoms with Crippen LogP contribution in [0.2, 0.25) is 0 Å². The van der Waals surface area contributed by atoms with Crippen LogP contribution in [0.4, 0.5) is 0 Å². The van der Waals surface area contributed by atoms with E-state index in [2.05, 4.69) is 46.2 Å². The highest BCUT2D eigenvalue weighted by molar-refractivity contribution is 7.14. The molecule has 0 bridgehead atoms.